The second-order valence-electron chi connectivity index (χ2n) is 6.37. The summed E-state index contributed by atoms with van der Waals surface area (Å²) in [5.74, 6) is 0.376. The van der Waals surface area contributed by atoms with E-state index in [4.69, 9.17) is 4.42 Å². The number of oxazole rings is 1. The molecule has 0 aliphatic rings. The van der Waals surface area contributed by atoms with E-state index in [1.807, 2.05) is 24.3 Å². The Bertz CT molecular complexity index is 1090. The molecule has 29 heavy (non-hydrogen) atoms. The van der Waals surface area contributed by atoms with Gasteiger partial charge in [-0.2, -0.15) is 0 Å². The number of carbonyl (C=O) groups is 1. The number of pyridine rings is 1. The van der Waals surface area contributed by atoms with Crippen LogP contribution in [0.3, 0.4) is 0 Å². The summed E-state index contributed by atoms with van der Waals surface area (Å²) in [6.45, 7) is 1.17. The molecule has 0 saturated carbocycles. The molecule has 3 N–H and O–H groups in total. The summed E-state index contributed by atoms with van der Waals surface area (Å²) in [4.78, 5) is 27.9. The Morgan fingerprint density at radius 3 is 2.90 bits per heavy atom. The first-order valence-electron chi connectivity index (χ1n) is 9.15. The standard InChI is InChI=1S/C20H19FN6O2/c21-13-4-3-8-23-16(13)10-24-20(28)17-12-29-19(27-17)7-9-22-11-18-25-14-5-1-2-6-15(14)26-18/h1-6,8,12,22H,7,9-11H2,(H,24,28)(H,25,26). The normalized spacial score (nSPS) is 11.1. The third-order valence-electron chi connectivity index (χ3n) is 4.28. The summed E-state index contributed by atoms with van der Waals surface area (Å²) < 4.78 is 18.9. The number of benzene rings is 1. The summed E-state index contributed by atoms with van der Waals surface area (Å²) in [5.41, 5.74) is 2.24. The molecule has 3 aromatic heterocycles. The van der Waals surface area contributed by atoms with Crippen molar-refractivity contribution < 1.29 is 13.6 Å². The molecule has 0 aliphatic carbocycles. The predicted octanol–water partition coefficient (Wildman–Crippen LogP) is 2.35. The van der Waals surface area contributed by atoms with Crippen LogP contribution in [-0.4, -0.2) is 32.4 Å². The van der Waals surface area contributed by atoms with Crippen molar-refractivity contribution >= 4 is 16.9 Å². The predicted molar refractivity (Wildman–Crippen MR) is 103 cm³/mol. The highest BCUT2D eigenvalue weighted by molar-refractivity contribution is 5.91. The maximum absolute atomic E-state index is 13.5. The molecule has 9 heteroatoms. The van der Waals surface area contributed by atoms with Crippen LogP contribution >= 0.6 is 0 Å². The number of nitrogens with one attached hydrogen (secondary N) is 3. The van der Waals surface area contributed by atoms with Crippen molar-refractivity contribution in [3.8, 4) is 0 Å². The van der Waals surface area contributed by atoms with Gasteiger partial charge in [0.25, 0.3) is 5.91 Å². The number of H-pyrrole nitrogens is 1. The average Bonchev–Trinajstić information content (AvgIpc) is 3.37. The molecule has 0 saturated heterocycles. The largest absolute Gasteiger partial charge is 0.448 e. The van der Waals surface area contributed by atoms with Crippen LogP contribution in [0, 0.1) is 5.82 Å². The molecule has 0 fully saturated rings. The summed E-state index contributed by atoms with van der Waals surface area (Å²) >= 11 is 0. The van der Waals surface area contributed by atoms with Gasteiger partial charge in [-0.05, 0) is 24.3 Å². The van der Waals surface area contributed by atoms with Gasteiger partial charge in [-0.3, -0.25) is 9.78 Å². The lowest BCUT2D eigenvalue weighted by Crippen LogP contribution is -2.24. The fraction of sp³-hybridized carbons (Fsp3) is 0.200. The van der Waals surface area contributed by atoms with E-state index in [0.717, 1.165) is 16.9 Å². The minimum Gasteiger partial charge on any atom is -0.448 e. The Morgan fingerprint density at radius 1 is 1.14 bits per heavy atom. The van der Waals surface area contributed by atoms with E-state index in [2.05, 4.69) is 30.6 Å². The van der Waals surface area contributed by atoms with Crippen molar-refractivity contribution in [2.24, 2.45) is 0 Å². The van der Waals surface area contributed by atoms with E-state index >= 15 is 0 Å². The molecule has 1 amide bonds. The quantitative estimate of drug-likeness (QED) is 0.396. The number of aromatic nitrogens is 4. The van der Waals surface area contributed by atoms with Gasteiger partial charge in [-0.15, -0.1) is 0 Å². The molecule has 0 spiro atoms. The first-order chi connectivity index (χ1) is 14.2. The summed E-state index contributed by atoms with van der Waals surface area (Å²) in [7, 11) is 0. The van der Waals surface area contributed by atoms with Gasteiger partial charge in [0.1, 0.15) is 17.9 Å². The molecule has 3 heterocycles. The molecular formula is C20H19FN6O2. The van der Waals surface area contributed by atoms with E-state index in [1.165, 1.54) is 24.6 Å². The van der Waals surface area contributed by atoms with Crippen LogP contribution in [0.15, 0.2) is 53.3 Å². The Labute approximate surface area is 165 Å². The Morgan fingerprint density at radius 2 is 2.03 bits per heavy atom. The zero-order valence-electron chi connectivity index (χ0n) is 15.5. The number of carbonyl (C=O) groups excluding carboxylic acids is 1. The summed E-state index contributed by atoms with van der Waals surface area (Å²) in [6, 6.07) is 10.6. The van der Waals surface area contributed by atoms with E-state index in [0.29, 0.717) is 25.4 Å². The highest BCUT2D eigenvalue weighted by atomic mass is 19.1. The van der Waals surface area contributed by atoms with Crippen LogP contribution in [0.2, 0.25) is 0 Å². The number of aromatic amines is 1. The molecule has 1 aromatic carbocycles. The van der Waals surface area contributed by atoms with Crippen molar-refractivity contribution in [1.82, 2.24) is 30.6 Å². The number of fused-ring (bicyclic) bond motifs is 1. The third kappa shape index (κ3) is 4.64. The molecule has 0 bridgehead atoms. The van der Waals surface area contributed by atoms with Gasteiger partial charge in [-0.25, -0.2) is 14.4 Å². The topological polar surface area (TPSA) is 109 Å². The van der Waals surface area contributed by atoms with Gasteiger partial charge in [0.05, 0.1) is 29.8 Å². The number of imidazole rings is 1. The van der Waals surface area contributed by atoms with Crippen LogP contribution < -0.4 is 10.6 Å². The van der Waals surface area contributed by atoms with Crippen LogP contribution in [0.1, 0.15) is 27.9 Å². The van der Waals surface area contributed by atoms with Gasteiger partial charge >= 0.3 is 0 Å². The maximum Gasteiger partial charge on any atom is 0.273 e. The lowest BCUT2D eigenvalue weighted by Gasteiger charge is -2.03. The highest BCUT2D eigenvalue weighted by Gasteiger charge is 2.13. The van der Waals surface area contributed by atoms with Crippen LogP contribution in [0.4, 0.5) is 4.39 Å². The molecule has 148 valence electrons. The monoisotopic (exact) mass is 394 g/mol. The molecule has 4 aromatic rings. The van der Waals surface area contributed by atoms with Crippen molar-refractivity contribution in [3.05, 3.63) is 77.8 Å². The second kappa shape index (κ2) is 8.61. The third-order valence-corrected chi connectivity index (χ3v) is 4.28. The first-order valence-corrected chi connectivity index (χ1v) is 9.15. The zero-order valence-corrected chi connectivity index (χ0v) is 15.5. The first kappa shape index (κ1) is 18.8. The van der Waals surface area contributed by atoms with E-state index in [1.54, 1.807) is 0 Å². The van der Waals surface area contributed by atoms with Crippen LogP contribution in [0.5, 0.6) is 0 Å². The number of hydrogen-bond acceptors (Lipinski definition) is 6. The van der Waals surface area contributed by atoms with E-state index in [-0.39, 0.29) is 17.9 Å². The number of hydrogen-bond donors (Lipinski definition) is 3. The smallest absolute Gasteiger partial charge is 0.273 e. The van der Waals surface area contributed by atoms with Crippen molar-refractivity contribution in [2.45, 2.75) is 19.5 Å². The molecule has 0 aliphatic heterocycles. The maximum atomic E-state index is 13.5. The number of nitrogens with zero attached hydrogens (tertiary/aromatic N) is 3. The fourth-order valence-electron chi connectivity index (χ4n) is 2.82. The van der Waals surface area contributed by atoms with Gasteiger partial charge in [0, 0.05) is 19.2 Å². The lowest BCUT2D eigenvalue weighted by molar-refractivity contribution is 0.0945. The van der Waals surface area contributed by atoms with Gasteiger partial charge < -0.3 is 20.0 Å². The van der Waals surface area contributed by atoms with E-state index in [9.17, 15) is 9.18 Å². The second-order valence-corrected chi connectivity index (χ2v) is 6.37. The highest BCUT2D eigenvalue weighted by Crippen LogP contribution is 2.10. The zero-order chi connectivity index (χ0) is 20.1. The lowest BCUT2D eigenvalue weighted by atomic mass is 10.3. The molecule has 8 nitrogen and oxygen atoms in total. The Hall–Kier alpha value is -3.59. The SMILES string of the molecule is O=C(NCc1ncccc1F)c1coc(CCNCc2nc3ccccc3[nH]2)n1. The Balaban J connectivity index is 1.23. The van der Waals surface area contributed by atoms with Crippen LogP contribution in [0.25, 0.3) is 11.0 Å². The van der Waals surface area contributed by atoms with Crippen molar-refractivity contribution in [3.63, 3.8) is 0 Å². The van der Waals surface area contributed by atoms with Gasteiger partial charge in [0.2, 0.25) is 0 Å². The van der Waals surface area contributed by atoms with E-state index < -0.39 is 11.7 Å². The summed E-state index contributed by atoms with van der Waals surface area (Å²) in [5, 5.41) is 5.84. The minimum absolute atomic E-state index is 0.0211. The van der Waals surface area contributed by atoms with Crippen LogP contribution in [-0.2, 0) is 19.5 Å². The summed E-state index contributed by atoms with van der Waals surface area (Å²) in [6.07, 6.45) is 3.28. The minimum atomic E-state index is -0.468. The molecular weight excluding hydrogens is 375 g/mol. The molecule has 0 radical (unpaired) electrons. The number of halogens is 1. The van der Waals surface area contributed by atoms with Gasteiger partial charge in [0.15, 0.2) is 11.6 Å². The fourth-order valence-corrected chi connectivity index (χ4v) is 2.82. The van der Waals surface area contributed by atoms with Crippen molar-refractivity contribution in [2.75, 3.05) is 6.54 Å². The number of amides is 1. The molecule has 0 unspecified atom stereocenters. The molecule has 4 rings (SSSR count). The number of rotatable bonds is 8. The van der Waals surface area contributed by atoms with Crippen molar-refractivity contribution in [1.29, 1.82) is 0 Å². The average molecular weight is 394 g/mol. The molecule has 0 atom stereocenters. The number of para-hydroxylation sites is 2. The Kier molecular flexibility index (Phi) is 5.57. The van der Waals surface area contributed by atoms with Gasteiger partial charge in [-0.1, -0.05) is 12.1 Å².